The molecule has 0 heterocycles. The molecule has 3 amide bonds. The Morgan fingerprint density at radius 2 is 1.85 bits per heavy atom. The van der Waals surface area contributed by atoms with Gasteiger partial charge in [0.05, 0.1) is 24.5 Å². The number of benzene rings is 1. The molecule has 108 valence electrons. The van der Waals surface area contributed by atoms with Crippen molar-refractivity contribution in [3.63, 3.8) is 0 Å². The fraction of sp³-hybridized carbons (Fsp3) is 0.250. The summed E-state index contributed by atoms with van der Waals surface area (Å²) in [5.41, 5.74) is 6.02. The number of rotatable bonds is 5. The standard InChI is InChI=1S/C12H15BrN4O3/c1-7(18)16-9-3-2-8(13)4-10(9)17-12(20)6-15-11(19)5-14/h2-4H,5-6,14H2,1H3,(H,15,19)(H,16,18)(H,17,20). The second-order valence-corrected chi connectivity index (χ2v) is 4.82. The molecule has 1 aromatic rings. The third-order valence-corrected chi connectivity index (χ3v) is 2.69. The second-order valence-electron chi connectivity index (χ2n) is 3.90. The van der Waals surface area contributed by atoms with Gasteiger partial charge in [-0.3, -0.25) is 14.4 Å². The molecule has 0 atom stereocenters. The Morgan fingerprint density at radius 3 is 2.45 bits per heavy atom. The van der Waals surface area contributed by atoms with Gasteiger partial charge in [-0.15, -0.1) is 0 Å². The molecule has 0 spiro atoms. The molecule has 0 aliphatic carbocycles. The van der Waals surface area contributed by atoms with E-state index in [1.54, 1.807) is 18.2 Å². The number of hydrogen-bond acceptors (Lipinski definition) is 4. The number of amides is 3. The number of halogens is 1. The number of anilines is 2. The van der Waals surface area contributed by atoms with E-state index in [0.29, 0.717) is 11.4 Å². The summed E-state index contributed by atoms with van der Waals surface area (Å²) in [4.78, 5) is 33.7. The predicted octanol–water partition coefficient (Wildman–Crippen LogP) is 0.421. The molecule has 0 saturated heterocycles. The number of nitrogens with one attached hydrogen (secondary N) is 3. The van der Waals surface area contributed by atoms with Crippen LogP contribution in [0.3, 0.4) is 0 Å². The lowest BCUT2D eigenvalue weighted by molar-refractivity contribution is -0.123. The Balaban J connectivity index is 2.74. The normalized spacial score (nSPS) is 9.75. The van der Waals surface area contributed by atoms with Crippen LogP contribution in [-0.2, 0) is 14.4 Å². The second kappa shape index (κ2) is 7.61. The maximum Gasteiger partial charge on any atom is 0.243 e. The van der Waals surface area contributed by atoms with Gasteiger partial charge in [0.2, 0.25) is 17.7 Å². The minimum Gasteiger partial charge on any atom is -0.346 e. The van der Waals surface area contributed by atoms with E-state index in [1.807, 2.05) is 0 Å². The first-order chi connectivity index (χ1) is 9.42. The maximum absolute atomic E-state index is 11.7. The number of carbonyl (C=O) groups is 3. The summed E-state index contributed by atoms with van der Waals surface area (Å²) in [6, 6.07) is 5.03. The summed E-state index contributed by atoms with van der Waals surface area (Å²) in [5, 5.41) is 7.55. The molecule has 0 fully saturated rings. The van der Waals surface area contributed by atoms with Gasteiger partial charge in [-0.2, -0.15) is 0 Å². The van der Waals surface area contributed by atoms with E-state index in [9.17, 15) is 14.4 Å². The van der Waals surface area contributed by atoms with E-state index in [-0.39, 0.29) is 19.0 Å². The van der Waals surface area contributed by atoms with E-state index < -0.39 is 11.8 Å². The third-order valence-electron chi connectivity index (χ3n) is 2.20. The lowest BCUT2D eigenvalue weighted by Gasteiger charge is -2.12. The molecule has 0 aliphatic heterocycles. The van der Waals surface area contributed by atoms with Crippen molar-refractivity contribution in [3.05, 3.63) is 22.7 Å². The highest BCUT2D eigenvalue weighted by molar-refractivity contribution is 9.10. The number of hydrogen-bond donors (Lipinski definition) is 4. The molecule has 1 aromatic carbocycles. The first-order valence-electron chi connectivity index (χ1n) is 5.76. The average molecular weight is 343 g/mol. The minimum absolute atomic E-state index is 0.179. The Kier molecular flexibility index (Phi) is 6.13. The number of carbonyl (C=O) groups excluding carboxylic acids is 3. The third kappa shape index (κ3) is 5.37. The van der Waals surface area contributed by atoms with Crippen LogP contribution >= 0.6 is 15.9 Å². The van der Waals surface area contributed by atoms with Crippen molar-refractivity contribution in [3.8, 4) is 0 Å². The molecular formula is C12H15BrN4O3. The van der Waals surface area contributed by atoms with Crippen LogP contribution in [0, 0.1) is 0 Å². The SMILES string of the molecule is CC(=O)Nc1ccc(Br)cc1NC(=O)CNC(=O)CN. The first-order valence-corrected chi connectivity index (χ1v) is 6.55. The van der Waals surface area contributed by atoms with Gasteiger partial charge in [-0.1, -0.05) is 15.9 Å². The van der Waals surface area contributed by atoms with Crippen LogP contribution < -0.4 is 21.7 Å². The Bertz CT molecular complexity index is 533. The number of nitrogens with two attached hydrogens (primary N) is 1. The molecule has 20 heavy (non-hydrogen) atoms. The van der Waals surface area contributed by atoms with Gasteiger partial charge in [0.15, 0.2) is 0 Å². The molecule has 7 nitrogen and oxygen atoms in total. The summed E-state index contributed by atoms with van der Waals surface area (Å²) < 4.78 is 0.743. The Hall–Kier alpha value is -1.93. The average Bonchev–Trinajstić information content (AvgIpc) is 2.38. The summed E-state index contributed by atoms with van der Waals surface area (Å²) in [6.07, 6.45) is 0. The molecule has 8 heteroatoms. The molecule has 0 bridgehead atoms. The quantitative estimate of drug-likeness (QED) is 0.620. The topological polar surface area (TPSA) is 113 Å². The van der Waals surface area contributed by atoms with Crippen LogP contribution in [0.15, 0.2) is 22.7 Å². The zero-order chi connectivity index (χ0) is 15.1. The van der Waals surface area contributed by atoms with Crippen molar-refractivity contribution in [2.75, 3.05) is 23.7 Å². The minimum atomic E-state index is -0.420. The molecule has 0 radical (unpaired) electrons. The smallest absolute Gasteiger partial charge is 0.243 e. The van der Waals surface area contributed by atoms with Crippen molar-refractivity contribution in [1.82, 2.24) is 5.32 Å². The molecule has 5 N–H and O–H groups in total. The van der Waals surface area contributed by atoms with Crippen LogP contribution in [-0.4, -0.2) is 30.8 Å². The summed E-state index contributed by atoms with van der Waals surface area (Å²) in [5.74, 6) is -1.09. The summed E-state index contributed by atoms with van der Waals surface area (Å²) in [7, 11) is 0. The van der Waals surface area contributed by atoms with Crippen LogP contribution in [0.4, 0.5) is 11.4 Å². The lowest BCUT2D eigenvalue weighted by Crippen LogP contribution is -2.36. The van der Waals surface area contributed by atoms with Crippen molar-refractivity contribution in [1.29, 1.82) is 0 Å². The summed E-state index contributed by atoms with van der Waals surface area (Å²) in [6.45, 7) is 0.998. The van der Waals surface area contributed by atoms with Gasteiger partial charge in [-0.25, -0.2) is 0 Å². The molecule has 0 aromatic heterocycles. The zero-order valence-corrected chi connectivity index (χ0v) is 12.4. The lowest BCUT2D eigenvalue weighted by atomic mass is 10.2. The van der Waals surface area contributed by atoms with Crippen molar-refractivity contribution < 1.29 is 14.4 Å². The molecule has 0 unspecified atom stereocenters. The molecule has 0 aliphatic rings. The van der Waals surface area contributed by atoms with Crippen LogP contribution in [0.2, 0.25) is 0 Å². The van der Waals surface area contributed by atoms with E-state index >= 15 is 0 Å². The summed E-state index contributed by atoms with van der Waals surface area (Å²) >= 11 is 3.28. The first kappa shape index (κ1) is 16.1. The van der Waals surface area contributed by atoms with Crippen molar-refractivity contribution in [2.24, 2.45) is 5.73 Å². The fourth-order valence-corrected chi connectivity index (χ4v) is 1.73. The van der Waals surface area contributed by atoms with Gasteiger partial charge < -0.3 is 21.7 Å². The van der Waals surface area contributed by atoms with Crippen LogP contribution in [0.5, 0.6) is 0 Å². The van der Waals surface area contributed by atoms with Gasteiger partial charge in [0, 0.05) is 11.4 Å². The van der Waals surface area contributed by atoms with E-state index in [4.69, 9.17) is 5.73 Å². The van der Waals surface area contributed by atoms with E-state index in [2.05, 4.69) is 31.9 Å². The molecule has 0 saturated carbocycles. The van der Waals surface area contributed by atoms with Gasteiger partial charge in [-0.05, 0) is 18.2 Å². The van der Waals surface area contributed by atoms with Gasteiger partial charge in [0.1, 0.15) is 0 Å². The van der Waals surface area contributed by atoms with E-state index in [1.165, 1.54) is 6.92 Å². The van der Waals surface area contributed by atoms with Crippen LogP contribution in [0.25, 0.3) is 0 Å². The predicted molar refractivity (Wildman–Crippen MR) is 79.1 cm³/mol. The van der Waals surface area contributed by atoms with Crippen molar-refractivity contribution >= 4 is 45.0 Å². The molecule has 1 rings (SSSR count). The largest absolute Gasteiger partial charge is 0.346 e. The van der Waals surface area contributed by atoms with Gasteiger partial charge >= 0.3 is 0 Å². The maximum atomic E-state index is 11.7. The zero-order valence-electron chi connectivity index (χ0n) is 10.8. The molecular weight excluding hydrogens is 328 g/mol. The van der Waals surface area contributed by atoms with Gasteiger partial charge in [0.25, 0.3) is 0 Å². The Labute approximate surface area is 124 Å². The highest BCUT2D eigenvalue weighted by Gasteiger charge is 2.09. The van der Waals surface area contributed by atoms with Crippen molar-refractivity contribution in [2.45, 2.75) is 6.92 Å². The highest BCUT2D eigenvalue weighted by atomic mass is 79.9. The monoisotopic (exact) mass is 342 g/mol. The fourth-order valence-electron chi connectivity index (χ4n) is 1.36. The Morgan fingerprint density at radius 1 is 1.15 bits per heavy atom. The van der Waals surface area contributed by atoms with E-state index in [0.717, 1.165) is 4.47 Å². The van der Waals surface area contributed by atoms with Crippen LogP contribution in [0.1, 0.15) is 6.92 Å². The highest BCUT2D eigenvalue weighted by Crippen LogP contribution is 2.25.